The summed E-state index contributed by atoms with van der Waals surface area (Å²) in [6.07, 6.45) is 0.850. The Hall–Kier alpha value is -1.46. The molecule has 1 aromatic carbocycles. The monoisotopic (exact) mass is 280 g/mol. The van der Waals surface area contributed by atoms with Gasteiger partial charge in [0.15, 0.2) is 5.16 Å². The third kappa shape index (κ3) is 3.51. The lowest BCUT2D eigenvalue weighted by atomic mass is 10.2. The van der Waals surface area contributed by atoms with Crippen LogP contribution < -0.4 is 11.5 Å². The number of benzene rings is 1. The van der Waals surface area contributed by atoms with E-state index in [0.717, 1.165) is 22.8 Å². The standard InChI is InChI=1S/C12H13ClN4S/c13-9-4-2-1-3-8(9)5-6-18-12-16-10(14)7-11(15)17-12/h1-4,7H,5-6H2,(H4,14,15,16,17). The zero-order valence-corrected chi connectivity index (χ0v) is 11.2. The van der Waals surface area contributed by atoms with E-state index in [1.165, 1.54) is 17.8 Å². The number of nitrogens with two attached hydrogens (primary N) is 2. The Bertz CT molecular complexity index is 527. The predicted molar refractivity (Wildman–Crippen MR) is 76.7 cm³/mol. The second-order valence-electron chi connectivity index (χ2n) is 3.69. The maximum atomic E-state index is 6.08. The molecule has 0 bridgehead atoms. The first-order chi connectivity index (χ1) is 8.65. The highest BCUT2D eigenvalue weighted by Crippen LogP contribution is 2.21. The lowest BCUT2D eigenvalue weighted by Crippen LogP contribution is -2.00. The fourth-order valence-corrected chi connectivity index (χ4v) is 2.55. The molecule has 1 heterocycles. The molecule has 0 atom stereocenters. The van der Waals surface area contributed by atoms with Gasteiger partial charge in [0.05, 0.1) is 0 Å². The maximum absolute atomic E-state index is 6.08. The van der Waals surface area contributed by atoms with Crippen LogP contribution in [0.3, 0.4) is 0 Å². The van der Waals surface area contributed by atoms with Crippen molar-refractivity contribution in [2.24, 2.45) is 0 Å². The Labute approximate surface area is 115 Å². The summed E-state index contributed by atoms with van der Waals surface area (Å²) in [5.74, 6) is 1.61. The van der Waals surface area contributed by atoms with Gasteiger partial charge in [0.1, 0.15) is 11.6 Å². The van der Waals surface area contributed by atoms with Crippen molar-refractivity contribution >= 4 is 35.0 Å². The van der Waals surface area contributed by atoms with Crippen molar-refractivity contribution < 1.29 is 0 Å². The van der Waals surface area contributed by atoms with E-state index >= 15 is 0 Å². The molecule has 18 heavy (non-hydrogen) atoms. The Morgan fingerprint density at radius 1 is 1.11 bits per heavy atom. The normalized spacial score (nSPS) is 10.5. The molecule has 0 aliphatic heterocycles. The smallest absolute Gasteiger partial charge is 0.191 e. The van der Waals surface area contributed by atoms with Crippen molar-refractivity contribution in [2.75, 3.05) is 17.2 Å². The molecule has 4 N–H and O–H groups in total. The van der Waals surface area contributed by atoms with Crippen LogP contribution in [0.5, 0.6) is 0 Å². The predicted octanol–water partition coefficient (Wildman–Crippen LogP) is 2.63. The van der Waals surface area contributed by atoms with E-state index in [0.29, 0.717) is 16.8 Å². The molecule has 0 fully saturated rings. The highest BCUT2D eigenvalue weighted by Gasteiger charge is 2.03. The fourth-order valence-electron chi connectivity index (χ4n) is 1.48. The van der Waals surface area contributed by atoms with E-state index in [1.54, 1.807) is 0 Å². The van der Waals surface area contributed by atoms with Crippen molar-refractivity contribution in [1.29, 1.82) is 0 Å². The minimum absolute atomic E-state index is 0.391. The van der Waals surface area contributed by atoms with Crippen LogP contribution in [-0.2, 0) is 6.42 Å². The Morgan fingerprint density at radius 2 is 1.78 bits per heavy atom. The summed E-state index contributed by atoms with van der Waals surface area (Å²) < 4.78 is 0. The van der Waals surface area contributed by atoms with E-state index in [2.05, 4.69) is 9.97 Å². The number of anilines is 2. The average molecular weight is 281 g/mol. The van der Waals surface area contributed by atoms with Crippen molar-refractivity contribution in [2.45, 2.75) is 11.6 Å². The first kappa shape index (κ1) is 13.0. The number of rotatable bonds is 4. The molecule has 1 aromatic heterocycles. The van der Waals surface area contributed by atoms with Crippen LogP contribution in [0.4, 0.5) is 11.6 Å². The van der Waals surface area contributed by atoms with Crippen LogP contribution >= 0.6 is 23.4 Å². The fraction of sp³-hybridized carbons (Fsp3) is 0.167. The molecular formula is C12H13ClN4S. The van der Waals surface area contributed by atoms with Gasteiger partial charge in [-0.1, -0.05) is 41.6 Å². The van der Waals surface area contributed by atoms with Gasteiger partial charge < -0.3 is 11.5 Å². The van der Waals surface area contributed by atoms with Crippen molar-refractivity contribution in [1.82, 2.24) is 9.97 Å². The number of nitrogen functional groups attached to an aromatic ring is 2. The maximum Gasteiger partial charge on any atom is 0.191 e. The molecular weight excluding hydrogens is 268 g/mol. The summed E-state index contributed by atoms with van der Waals surface area (Å²) in [6, 6.07) is 9.33. The topological polar surface area (TPSA) is 77.8 Å². The lowest BCUT2D eigenvalue weighted by Gasteiger charge is -2.04. The molecule has 0 saturated carbocycles. The molecule has 0 spiro atoms. The van der Waals surface area contributed by atoms with Gasteiger partial charge in [-0.25, -0.2) is 9.97 Å². The van der Waals surface area contributed by atoms with E-state index in [1.807, 2.05) is 24.3 Å². The van der Waals surface area contributed by atoms with Gasteiger partial charge in [0.2, 0.25) is 0 Å². The minimum Gasteiger partial charge on any atom is -0.383 e. The van der Waals surface area contributed by atoms with Crippen LogP contribution in [0.1, 0.15) is 5.56 Å². The summed E-state index contributed by atoms with van der Waals surface area (Å²) in [5, 5.41) is 1.38. The van der Waals surface area contributed by atoms with Gasteiger partial charge in [-0.15, -0.1) is 0 Å². The van der Waals surface area contributed by atoms with E-state index in [4.69, 9.17) is 23.1 Å². The molecule has 4 nitrogen and oxygen atoms in total. The van der Waals surface area contributed by atoms with E-state index < -0.39 is 0 Å². The highest BCUT2D eigenvalue weighted by molar-refractivity contribution is 7.99. The number of nitrogens with zero attached hydrogens (tertiary/aromatic N) is 2. The third-order valence-electron chi connectivity index (χ3n) is 2.31. The molecule has 0 radical (unpaired) electrons. The zero-order valence-electron chi connectivity index (χ0n) is 9.64. The zero-order chi connectivity index (χ0) is 13.0. The van der Waals surface area contributed by atoms with Gasteiger partial charge in [0, 0.05) is 16.8 Å². The van der Waals surface area contributed by atoms with Crippen LogP contribution in [0, 0.1) is 0 Å². The minimum atomic E-state index is 0.391. The number of hydrogen-bond acceptors (Lipinski definition) is 5. The van der Waals surface area contributed by atoms with E-state index in [9.17, 15) is 0 Å². The Morgan fingerprint density at radius 3 is 2.44 bits per heavy atom. The first-order valence-corrected chi connectivity index (χ1v) is 6.78. The van der Waals surface area contributed by atoms with Gasteiger partial charge in [-0.05, 0) is 18.1 Å². The van der Waals surface area contributed by atoms with Crippen molar-refractivity contribution in [3.63, 3.8) is 0 Å². The van der Waals surface area contributed by atoms with Crippen LogP contribution in [0.25, 0.3) is 0 Å². The summed E-state index contributed by atoms with van der Waals surface area (Å²) in [7, 11) is 0. The summed E-state index contributed by atoms with van der Waals surface area (Å²) in [6.45, 7) is 0. The van der Waals surface area contributed by atoms with Crippen LogP contribution in [0.15, 0.2) is 35.5 Å². The largest absolute Gasteiger partial charge is 0.383 e. The van der Waals surface area contributed by atoms with Crippen molar-refractivity contribution in [3.05, 3.63) is 40.9 Å². The van der Waals surface area contributed by atoms with Crippen LogP contribution in [-0.4, -0.2) is 15.7 Å². The molecule has 94 valence electrons. The SMILES string of the molecule is Nc1cc(N)nc(SCCc2ccccc2Cl)n1. The van der Waals surface area contributed by atoms with Crippen LogP contribution in [0.2, 0.25) is 5.02 Å². The van der Waals surface area contributed by atoms with Gasteiger partial charge in [0.25, 0.3) is 0 Å². The van der Waals surface area contributed by atoms with Gasteiger partial charge in [-0.2, -0.15) is 0 Å². The Kier molecular flexibility index (Phi) is 4.28. The molecule has 6 heteroatoms. The summed E-state index contributed by atoms with van der Waals surface area (Å²) in [4.78, 5) is 8.21. The van der Waals surface area contributed by atoms with E-state index in [-0.39, 0.29) is 0 Å². The number of aryl methyl sites for hydroxylation is 1. The molecule has 0 saturated heterocycles. The number of thioether (sulfide) groups is 1. The lowest BCUT2D eigenvalue weighted by molar-refractivity contribution is 0.981. The molecule has 0 unspecified atom stereocenters. The van der Waals surface area contributed by atoms with Crippen molar-refractivity contribution in [3.8, 4) is 0 Å². The highest BCUT2D eigenvalue weighted by atomic mass is 35.5. The number of hydrogen-bond donors (Lipinski definition) is 2. The molecule has 0 aliphatic carbocycles. The number of halogens is 1. The second-order valence-corrected chi connectivity index (χ2v) is 5.16. The molecule has 2 rings (SSSR count). The van der Waals surface area contributed by atoms with Gasteiger partial charge >= 0.3 is 0 Å². The second kappa shape index (κ2) is 5.93. The molecule has 0 amide bonds. The quantitative estimate of drug-likeness (QED) is 0.665. The van der Waals surface area contributed by atoms with Gasteiger partial charge in [-0.3, -0.25) is 0 Å². The average Bonchev–Trinajstić information content (AvgIpc) is 2.30. The third-order valence-corrected chi connectivity index (χ3v) is 3.52. The summed E-state index contributed by atoms with van der Waals surface area (Å²) >= 11 is 7.59. The molecule has 0 aliphatic rings. The Balaban J connectivity index is 1.94. The summed E-state index contributed by atoms with van der Waals surface area (Å²) in [5.41, 5.74) is 12.3. The molecule has 2 aromatic rings. The first-order valence-electron chi connectivity index (χ1n) is 5.41. The number of aromatic nitrogens is 2.